The van der Waals surface area contributed by atoms with Crippen LogP contribution in [0.1, 0.15) is 13.8 Å². The molecule has 0 aliphatic rings. The van der Waals surface area contributed by atoms with Crippen molar-refractivity contribution in [1.82, 2.24) is 9.78 Å². The van der Waals surface area contributed by atoms with Crippen LogP contribution in [0.25, 0.3) is 10.9 Å². The van der Waals surface area contributed by atoms with Crippen LogP contribution < -0.4 is 15.4 Å². The summed E-state index contributed by atoms with van der Waals surface area (Å²) in [7, 11) is 1.83. The molecule has 0 aliphatic carbocycles. The minimum atomic E-state index is -0.544. The van der Waals surface area contributed by atoms with Crippen molar-refractivity contribution in [2.75, 3.05) is 10.6 Å². The molecule has 0 unspecified atom stereocenters. The molecule has 0 aliphatic heterocycles. The number of benzene rings is 2. The van der Waals surface area contributed by atoms with Gasteiger partial charge in [0, 0.05) is 18.4 Å². The molecular formula is C18H18ClFN4O2. The molecular weight excluding hydrogens is 359 g/mol. The van der Waals surface area contributed by atoms with Crippen molar-refractivity contribution in [1.29, 1.82) is 0 Å². The van der Waals surface area contributed by atoms with Crippen molar-refractivity contribution >= 4 is 39.9 Å². The molecule has 136 valence electrons. The number of aryl methyl sites for hydroxylation is 1. The quantitative estimate of drug-likeness (QED) is 0.687. The Bertz CT molecular complexity index is 971. The summed E-state index contributed by atoms with van der Waals surface area (Å²) in [4.78, 5) is 12.2. The summed E-state index contributed by atoms with van der Waals surface area (Å²) in [6.07, 6.45) is -0.0174. The normalized spacial score (nSPS) is 11.0. The molecule has 1 heterocycles. The maximum absolute atomic E-state index is 13.2. The zero-order chi connectivity index (χ0) is 18.8. The second kappa shape index (κ2) is 7.21. The Morgan fingerprint density at radius 2 is 1.85 bits per heavy atom. The Kier molecular flexibility index (Phi) is 4.99. The maximum Gasteiger partial charge on any atom is 0.323 e. The highest BCUT2D eigenvalue weighted by Crippen LogP contribution is 2.28. The van der Waals surface area contributed by atoms with Crippen LogP contribution in [0.15, 0.2) is 36.4 Å². The molecule has 2 N–H and O–H groups in total. The number of hydrogen-bond donors (Lipinski definition) is 2. The van der Waals surface area contributed by atoms with E-state index in [-0.39, 0.29) is 11.1 Å². The van der Waals surface area contributed by atoms with Crippen LogP contribution in [0.3, 0.4) is 0 Å². The molecule has 0 saturated carbocycles. The Morgan fingerprint density at radius 3 is 2.50 bits per heavy atom. The van der Waals surface area contributed by atoms with Gasteiger partial charge in [-0.25, -0.2) is 9.18 Å². The number of halogens is 2. The number of fused-ring (bicyclic) bond motifs is 1. The predicted molar refractivity (Wildman–Crippen MR) is 101 cm³/mol. The third-order valence-corrected chi connectivity index (χ3v) is 3.89. The van der Waals surface area contributed by atoms with Gasteiger partial charge in [0.25, 0.3) is 0 Å². The lowest BCUT2D eigenvalue weighted by Crippen LogP contribution is -2.19. The molecule has 0 atom stereocenters. The molecule has 2 aromatic carbocycles. The number of rotatable bonds is 4. The fraction of sp³-hybridized carbons (Fsp3) is 0.222. The van der Waals surface area contributed by atoms with Crippen LogP contribution in [0.4, 0.5) is 20.6 Å². The van der Waals surface area contributed by atoms with Gasteiger partial charge in [0.1, 0.15) is 5.82 Å². The fourth-order valence-corrected chi connectivity index (χ4v) is 2.67. The largest absolute Gasteiger partial charge is 0.473 e. The van der Waals surface area contributed by atoms with E-state index in [1.165, 1.54) is 18.2 Å². The summed E-state index contributed by atoms with van der Waals surface area (Å²) in [5.74, 6) is -0.0378. The highest BCUT2D eigenvalue weighted by molar-refractivity contribution is 6.31. The zero-order valence-electron chi connectivity index (χ0n) is 14.5. The van der Waals surface area contributed by atoms with Gasteiger partial charge in [-0.3, -0.25) is 4.68 Å². The summed E-state index contributed by atoms with van der Waals surface area (Å²) < 4.78 is 20.6. The van der Waals surface area contributed by atoms with Gasteiger partial charge in [0.05, 0.1) is 22.0 Å². The van der Waals surface area contributed by atoms with E-state index >= 15 is 0 Å². The smallest absolute Gasteiger partial charge is 0.323 e. The fourth-order valence-electron chi connectivity index (χ4n) is 2.49. The third kappa shape index (κ3) is 3.88. The summed E-state index contributed by atoms with van der Waals surface area (Å²) in [5.41, 5.74) is 1.85. The summed E-state index contributed by atoms with van der Waals surface area (Å²) in [6.45, 7) is 3.84. The van der Waals surface area contributed by atoms with E-state index in [4.69, 9.17) is 16.3 Å². The minimum Gasteiger partial charge on any atom is -0.473 e. The highest BCUT2D eigenvalue weighted by Gasteiger charge is 2.13. The molecule has 26 heavy (non-hydrogen) atoms. The summed E-state index contributed by atoms with van der Waals surface area (Å²) in [6, 6.07) is 8.89. The molecule has 0 saturated heterocycles. The maximum atomic E-state index is 13.2. The molecule has 0 bridgehead atoms. The number of urea groups is 1. The van der Waals surface area contributed by atoms with Gasteiger partial charge >= 0.3 is 6.03 Å². The molecule has 2 amide bonds. The average Bonchev–Trinajstić information content (AvgIpc) is 2.86. The number of hydrogen-bond acceptors (Lipinski definition) is 3. The number of ether oxygens (including phenoxy) is 1. The van der Waals surface area contributed by atoms with Gasteiger partial charge in [0.15, 0.2) is 0 Å². The van der Waals surface area contributed by atoms with Crippen molar-refractivity contribution in [3.05, 3.63) is 47.2 Å². The van der Waals surface area contributed by atoms with Crippen molar-refractivity contribution in [3.63, 3.8) is 0 Å². The first kappa shape index (κ1) is 18.0. The van der Waals surface area contributed by atoms with Gasteiger partial charge in [0.2, 0.25) is 5.88 Å². The van der Waals surface area contributed by atoms with Crippen molar-refractivity contribution in [2.45, 2.75) is 20.0 Å². The average molecular weight is 377 g/mol. The minimum absolute atomic E-state index is 0.0174. The zero-order valence-corrected chi connectivity index (χ0v) is 15.3. The Balaban J connectivity index is 1.79. The molecule has 0 spiro atoms. The van der Waals surface area contributed by atoms with E-state index in [9.17, 15) is 9.18 Å². The van der Waals surface area contributed by atoms with Gasteiger partial charge in [-0.1, -0.05) is 11.6 Å². The van der Waals surface area contributed by atoms with E-state index in [2.05, 4.69) is 15.7 Å². The number of aromatic nitrogens is 2. The lowest BCUT2D eigenvalue weighted by Gasteiger charge is -2.09. The molecule has 3 rings (SSSR count). The molecule has 6 nitrogen and oxygen atoms in total. The molecule has 0 radical (unpaired) electrons. The highest BCUT2D eigenvalue weighted by atomic mass is 35.5. The number of nitrogens with one attached hydrogen (secondary N) is 2. The number of anilines is 2. The van der Waals surface area contributed by atoms with E-state index in [1.807, 2.05) is 27.0 Å². The Labute approximate surface area is 154 Å². The van der Waals surface area contributed by atoms with E-state index in [1.54, 1.807) is 16.8 Å². The Hall–Kier alpha value is -2.80. The molecule has 8 heteroatoms. The van der Waals surface area contributed by atoms with Crippen LogP contribution in [0, 0.1) is 5.82 Å². The van der Waals surface area contributed by atoms with Gasteiger partial charge in [-0.05, 0) is 50.2 Å². The van der Waals surface area contributed by atoms with Crippen LogP contribution >= 0.6 is 11.6 Å². The summed E-state index contributed by atoms with van der Waals surface area (Å²) in [5, 5.41) is 10.4. The second-order valence-corrected chi connectivity index (χ2v) is 6.44. The molecule has 3 aromatic rings. The van der Waals surface area contributed by atoms with Gasteiger partial charge in [-0.2, -0.15) is 0 Å². The Morgan fingerprint density at radius 1 is 1.19 bits per heavy atom. The second-order valence-electron chi connectivity index (χ2n) is 6.04. The third-order valence-electron chi connectivity index (χ3n) is 3.60. The predicted octanol–water partition coefficient (Wildman–Crippen LogP) is 4.80. The molecule has 1 aromatic heterocycles. The number of carbonyl (C=O) groups is 1. The van der Waals surface area contributed by atoms with Gasteiger partial charge < -0.3 is 15.4 Å². The van der Waals surface area contributed by atoms with Crippen LogP contribution in [-0.4, -0.2) is 21.9 Å². The topological polar surface area (TPSA) is 68.2 Å². The standard InChI is InChI=1S/C18H18ClFN4O2/c1-10(2)26-17-13-8-11(5-7-16(13)24(3)23-17)21-18(25)22-12-4-6-15(20)14(19)9-12/h4-10H,1-3H3,(H2,21,22,25). The first-order chi connectivity index (χ1) is 12.3. The lowest BCUT2D eigenvalue weighted by molar-refractivity contribution is 0.233. The van der Waals surface area contributed by atoms with Crippen LogP contribution in [-0.2, 0) is 7.05 Å². The van der Waals surface area contributed by atoms with Crippen molar-refractivity contribution < 1.29 is 13.9 Å². The van der Waals surface area contributed by atoms with E-state index in [0.717, 1.165) is 10.9 Å². The van der Waals surface area contributed by atoms with Gasteiger partial charge in [-0.15, -0.1) is 5.10 Å². The number of carbonyl (C=O) groups excluding carboxylic acids is 1. The number of amides is 2. The van der Waals surface area contributed by atoms with Crippen molar-refractivity contribution in [3.8, 4) is 5.88 Å². The van der Waals surface area contributed by atoms with Crippen molar-refractivity contribution in [2.24, 2.45) is 7.05 Å². The number of nitrogens with zero attached hydrogens (tertiary/aromatic N) is 2. The SMILES string of the molecule is CC(C)Oc1nn(C)c2ccc(NC(=O)Nc3ccc(F)c(Cl)c3)cc12. The van der Waals surface area contributed by atoms with E-state index in [0.29, 0.717) is 17.3 Å². The molecule has 0 fully saturated rings. The first-order valence-corrected chi connectivity index (χ1v) is 8.38. The summed E-state index contributed by atoms with van der Waals surface area (Å²) >= 11 is 5.71. The van der Waals surface area contributed by atoms with Crippen LogP contribution in [0.5, 0.6) is 5.88 Å². The van der Waals surface area contributed by atoms with Crippen LogP contribution in [0.2, 0.25) is 5.02 Å². The van der Waals surface area contributed by atoms with E-state index < -0.39 is 11.8 Å². The first-order valence-electron chi connectivity index (χ1n) is 8.00. The lowest BCUT2D eigenvalue weighted by atomic mass is 10.2. The monoisotopic (exact) mass is 376 g/mol.